The van der Waals surface area contributed by atoms with Crippen molar-refractivity contribution in [1.29, 1.82) is 0 Å². The predicted octanol–water partition coefficient (Wildman–Crippen LogP) is 2.49. The Morgan fingerprint density at radius 1 is 1.58 bits per heavy atom. The van der Waals surface area contributed by atoms with E-state index in [-0.39, 0.29) is 5.75 Å². The Morgan fingerprint density at radius 3 is 3.08 bits per heavy atom. The van der Waals surface area contributed by atoms with E-state index >= 15 is 0 Å². The second kappa shape index (κ2) is 4.10. The molecule has 1 N–H and O–H groups in total. The zero-order chi connectivity index (χ0) is 8.81. The van der Waals surface area contributed by atoms with Gasteiger partial charge in [0.15, 0.2) is 0 Å². The number of phenols is 1. The van der Waals surface area contributed by atoms with E-state index in [1.165, 1.54) is 0 Å². The standard InChI is InChI=1S/C7H7N4O/c8-10-11-9-5-6-2-1-3-7(12)4-6/h1-4,12H,5H2/q-1. The van der Waals surface area contributed by atoms with E-state index in [0.717, 1.165) is 5.56 Å². The monoisotopic (exact) mass is 163 g/mol. The first-order valence-electron chi connectivity index (χ1n) is 3.31. The van der Waals surface area contributed by atoms with Crippen molar-refractivity contribution in [2.45, 2.75) is 6.54 Å². The molecule has 0 aliphatic carbocycles. The molecule has 0 aromatic heterocycles. The number of aromatic hydroxyl groups is 1. The highest BCUT2D eigenvalue weighted by atomic mass is 16.3. The zero-order valence-corrected chi connectivity index (χ0v) is 6.25. The topological polar surface area (TPSA) is 83.1 Å². The largest absolute Gasteiger partial charge is 0.508 e. The molecule has 1 aromatic carbocycles. The highest BCUT2D eigenvalue weighted by Gasteiger charge is 1.91. The first kappa shape index (κ1) is 8.23. The van der Waals surface area contributed by atoms with Gasteiger partial charge in [0, 0.05) is 0 Å². The van der Waals surface area contributed by atoms with Gasteiger partial charge in [-0.1, -0.05) is 12.1 Å². The van der Waals surface area contributed by atoms with Crippen LogP contribution in [0.4, 0.5) is 0 Å². The second-order valence-corrected chi connectivity index (χ2v) is 2.15. The molecule has 0 saturated heterocycles. The molecule has 0 saturated carbocycles. The lowest BCUT2D eigenvalue weighted by Gasteiger charge is -2.00. The van der Waals surface area contributed by atoms with Crippen molar-refractivity contribution in [3.05, 3.63) is 45.7 Å². The smallest absolute Gasteiger partial charge is 0.115 e. The molecule has 0 aliphatic rings. The minimum Gasteiger partial charge on any atom is -0.508 e. The fourth-order valence-corrected chi connectivity index (χ4v) is 0.796. The van der Waals surface area contributed by atoms with Crippen LogP contribution >= 0.6 is 0 Å². The predicted molar refractivity (Wildman–Crippen MR) is 44.3 cm³/mol. The van der Waals surface area contributed by atoms with Gasteiger partial charge in [-0.25, -0.2) is 5.22 Å². The Bertz CT molecular complexity index is 306. The van der Waals surface area contributed by atoms with Gasteiger partial charge in [-0.15, -0.1) is 0 Å². The Kier molecular flexibility index (Phi) is 2.81. The van der Waals surface area contributed by atoms with E-state index in [4.69, 9.17) is 10.6 Å². The summed E-state index contributed by atoms with van der Waals surface area (Å²) in [5.41, 5.74) is 12.2. The number of benzene rings is 1. The summed E-state index contributed by atoms with van der Waals surface area (Å²) in [4.78, 5) is 2.47. The van der Waals surface area contributed by atoms with Crippen molar-refractivity contribution < 1.29 is 5.11 Å². The molecule has 0 aliphatic heterocycles. The number of hydrogen-bond acceptors (Lipinski definition) is 2. The first-order valence-corrected chi connectivity index (χ1v) is 3.31. The number of phenolic OH excluding ortho intramolecular Hbond substituents is 1. The van der Waals surface area contributed by atoms with Crippen LogP contribution in [-0.2, 0) is 6.54 Å². The average molecular weight is 163 g/mol. The van der Waals surface area contributed by atoms with E-state index in [1.54, 1.807) is 24.3 Å². The van der Waals surface area contributed by atoms with Gasteiger partial charge < -0.3 is 10.0 Å². The van der Waals surface area contributed by atoms with Gasteiger partial charge in [-0.2, -0.15) is 0 Å². The summed E-state index contributed by atoms with van der Waals surface area (Å²) in [6, 6.07) is 6.62. The maximum Gasteiger partial charge on any atom is 0.115 e. The highest BCUT2D eigenvalue weighted by molar-refractivity contribution is 5.28. The van der Waals surface area contributed by atoms with Gasteiger partial charge in [-0.3, -0.25) is 11.0 Å². The van der Waals surface area contributed by atoms with Crippen LogP contribution in [0, 0.1) is 0 Å². The van der Waals surface area contributed by atoms with Gasteiger partial charge in [-0.05, 0) is 17.7 Å². The Balaban J connectivity index is 2.57. The van der Waals surface area contributed by atoms with Crippen molar-refractivity contribution in [3.63, 3.8) is 0 Å². The molecular formula is C7H7N4O-. The third-order valence-corrected chi connectivity index (χ3v) is 1.27. The molecule has 0 atom stereocenters. The van der Waals surface area contributed by atoms with Gasteiger partial charge in [0.2, 0.25) is 0 Å². The average Bonchev–Trinajstić information content (AvgIpc) is 2.05. The molecule has 1 rings (SSSR count). The highest BCUT2D eigenvalue weighted by Crippen LogP contribution is 2.13. The maximum absolute atomic E-state index is 9.02. The molecule has 0 bridgehead atoms. The minimum absolute atomic E-state index is 0.184. The van der Waals surface area contributed by atoms with Crippen LogP contribution in [-0.4, -0.2) is 5.11 Å². The maximum atomic E-state index is 9.02. The van der Waals surface area contributed by atoms with Crippen molar-refractivity contribution in [1.82, 2.24) is 0 Å². The molecule has 5 nitrogen and oxygen atoms in total. The number of rotatable bonds is 3. The molecule has 62 valence electrons. The molecule has 0 unspecified atom stereocenters. The van der Waals surface area contributed by atoms with Gasteiger partial charge in [0.25, 0.3) is 0 Å². The van der Waals surface area contributed by atoms with Crippen LogP contribution in [0.25, 0.3) is 15.9 Å². The van der Waals surface area contributed by atoms with Gasteiger partial charge in [0.1, 0.15) is 5.75 Å². The normalized spacial score (nSPS) is 8.67. The lowest BCUT2D eigenvalue weighted by molar-refractivity contribution is 0.474. The lowest BCUT2D eigenvalue weighted by atomic mass is 10.2. The van der Waals surface area contributed by atoms with Crippen molar-refractivity contribution in [2.75, 3.05) is 0 Å². The fourth-order valence-electron chi connectivity index (χ4n) is 0.796. The Labute approximate surface area is 69.2 Å². The molecular weight excluding hydrogens is 156 g/mol. The van der Waals surface area contributed by atoms with Crippen molar-refractivity contribution >= 4 is 0 Å². The summed E-state index contributed by atoms with van der Waals surface area (Å²) < 4.78 is 0. The molecule has 1 aromatic rings. The van der Waals surface area contributed by atoms with Crippen LogP contribution < -0.4 is 0 Å². The molecule has 0 heterocycles. The van der Waals surface area contributed by atoms with Crippen LogP contribution in [0.15, 0.2) is 29.5 Å². The quantitative estimate of drug-likeness (QED) is 0.315. The third kappa shape index (κ3) is 2.40. The second-order valence-electron chi connectivity index (χ2n) is 2.15. The van der Waals surface area contributed by atoms with E-state index < -0.39 is 0 Å². The van der Waals surface area contributed by atoms with E-state index in [1.807, 2.05) is 0 Å². The van der Waals surface area contributed by atoms with E-state index in [9.17, 15) is 0 Å². The Morgan fingerprint density at radius 2 is 2.42 bits per heavy atom. The molecule has 0 amide bonds. The molecule has 0 spiro atoms. The molecule has 5 heteroatoms. The SMILES string of the molecule is [N-]=[N+]=N[N-]Cc1cccc(O)c1. The summed E-state index contributed by atoms with van der Waals surface area (Å²) >= 11 is 0. The number of azide groups is 1. The van der Waals surface area contributed by atoms with Crippen molar-refractivity contribution in [3.8, 4) is 5.75 Å². The number of hydrogen-bond donors (Lipinski definition) is 1. The van der Waals surface area contributed by atoms with E-state index in [2.05, 4.69) is 15.6 Å². The third-order valence-electron chi connectivity index (χ3n) is 1.27. The summed E-state index contributed by atoms with van der Waals surface area (Å²) in [6.07, 6.45) is 0. The lowest BCUT2D eigenvalue weighted by Crippen LogP contribution is -1.79. The van der Waals surface area contributed by atoms with Gasteiger partial charge >= 0.3 is 0 Å². The minimum atomic E-state index is 0.184. The summed E-state index contributed by atoms with van der Waals surface area (Å²) in [5, 5.41) is 12.0. The van der Waals surface area contributed by atoms with Crippen LogP contribution in [0.3, 0.4) is 0 Å². The van der Waals surface area contributed by atoms with Crippen LogP contribution in [0.1, 0.15) is 5.56 Å². The summed E-state index contributed by atoms with van der Waals surface area (Å²) in [7, 11) is 0. The summed E-state index contributed by atoms with van der Waals surface area (Å²) in [6.45, 7) is 0.290. The number of nitrogens with zero attached hydrogens (tertiary/aromatic N) is 4. The zero-order valence-electron chi connectivity index (χ0n) is 6.25. The molecule has 0 radical (unpaired) electrons. The molecule has 0 fully saturated rings. The van der Waals surface area contributed by atoms with Gasteiger partial charge in [0.05, 0.1) is 6.54 Å². The van der Waals surface area contributed by atoms with Crippen LogP contribution in [0.5, 0.6) is 5.75 Å². The van der Waals surface area contributed by atoms with E-state index in [0.29, 0.717) is 6.54 Å². The Hall–Kier alpha value is -1.87. The molecule has 12 heavy (non-hydrogen) atoms. The first-order chi connectivity index (χ1) is 5.83. The van der Waals surface area contributed by atoms with Crippen LogP contribution in [0.2, 0.25) is 0 Å². The summed E-state index contributed by atoms with van der Waals surface area (Å²) in [5.74, 6) is 0.184. The van der Waals surface area contributed by atoms with Crippen molar-refractivity contribution in [2.24, 2.45) is 5.22 Å². The fraction of sp³-hybridized carbons (Fsp3) is 0.143.